The van der Waals surface area contributed by atoms with E-state index in [0.29, 0.717) is 6.61 Å². The molecule has 0 radical (unpaired) electrons. The molecule has 0 aromatic heterocycles. The summed E-state index contributed by atoms with van der Waals surface area (Å²) in [5, 5.41) is 2.75. The van der Waals surface area contributed by atoms with Gasteiger partial charge in [0, 0.05) is 10.6 Å². The molecule has 1 atom stereocenters. The van der Waals surface area contributed by atoms with Gasteiger partial charge in [0.15, 0.2) is 0 Å². The zero-order chi connectivity index (χ0) is 16.7. The van der Waals surface area contributed by atoms with Gasteiger partial charge < -0.3 is 10.1 Å². The Labute approximate surface area is 141 Å². The summed E-state index contributed by atoms with van der Waals surface area (Å²) in [6.45, 7) is 8.03. The Balaban J connectivity index is 1.89. The van der Waals surface area contributed by atoms with Gasteiger partial charge in [-0.3, -0.25) is 4.79 Å². The zero-order valence-corrected chi connectivity index (χ0v) is 14.2. The fourth-order valence-corrected chi connectivity index (χ4v) is 2.78. The van der Waals surface area contributed by atoms with Gasteiger partial charge in [-0.2, -0.15) is 0 Å². The van der Waals surface area contributed by atoms with Gasteiger partial charge in [-0.1, -0.05) is 30.4 Å². The van der Waals surface area contributed by atoms with Crippen molar-refractivity contribution in [1.29, 1.82) is 0 Å². The molecule has 1 amide bonds. The quantitative estimate of drug-likeness (QED) is 0.593. The van der Waals surface area contributed by atoms with E-state index in [-0.39, 0.29) is 11.2 Å². The van der Waals surface area contributed by atoms with Crippen molar-refractivity contribution in [3.05, 3.63) is 66.7 Å². The number of hydrogen-bond donors (Lipinski definition) is 1. The second-order valence-electron chi connectivity index (χ2n) is 5.19. The summed E-state index contributed by atoms with van der Waals surface area (Å²) in [5.74, 6) is 0.736. The van der Waals surface area contributed by atoms with E-state index in [9.17, 15) is 4.79 Å². The second-order valence-corrected chi connectivity index (χ2v) is 6.60. The average molecular weight is 327 g/mol. The molecule has 0 saturated carbocycles. The first-order valence-electron chi connectivity index (χ1n) is 7.46. The molecule has 0 heterocycles. The zero-order valence-electron chi connectivity index (χ0n) is 13.4. The fraction of sp³-hybridized carbons (Fsp3) is 0.211. The summed E-state index contributed by atoms with van der Waals surface area (Å²) < 4.78 is 5.42. The summed E-state index contributed by atoms with van der Waals surface area (Å²) in [7, 11) is 0. The van der Waals surface area contributed by atoms with Gasteiger partial charge in [0.05, 0.1) is 5.25 Å². The fourth-order valence-electron chi connectivity index (χ4n) is 1.91. The highest BCUT2D eigenvalue weighted by Crippen LogP contribution is 2.25. The standard InChI is InChI=1S/C19H21NO2S/c1-4-13-22-17-9-7-16(8-10-17)20-19(21)15(3)23-18-11-5-14(2)6-12-18/h4-12,15H,1,13H2,2-3H3,(H,20,21)/t15-/m0/s1. The normalized spacial score (nSPS) is 11.6. The minimum absolute atomic E-state index is 0.0182. The Hall–Kier alpha value is -2.20. The van der Waals surface area contributed by atoms with Crippen LogP contribution in [0.3, 0.4) is 0 Å². The van der Waals surface area contributed by atoms with Crippen molar-refractivity contribution < 1.29 is 9.53 Å². The van der Waals surface area contributed by atoms with Gasteiger partial charge in [-0.15, -0.1) is 11.8 Å². The van der Waals surface area contributed by atoms with Crippen molar-refractivity contribution in [3.8, 4) is 5.75 Å². The van der Waals surface area contributed by atoms with Crippen molar-refractivity contribution in [2.45, 2.75) is 24.0 Å². The molecule has 0 aliphatic rings. The smallest absolute Gasteiger partial charge is 0.237 e. The molecule has 0 saturated heterocycles. The van der Waals surface area contributed by atoms with Gasteiger partial charge >= 0.3 is 0 Å². The lowest BCUT2D eigenvalue weighted by atomic mass is 10.2. The number of benzene rings is 2. The highest BCUT2D eigenvalue weighted by atomic mass is 32.2. The molecule has 3 nitrogen and oxygen atoms in total. The highest BCUT2D eigenvalue weighted by Gasteiger charge is 2.14. The maximum Gasteiger partial charge on any atom is 0.237 e. The molecule has 23 heavy (non-hydrogen) atoms. The summed E-state index contributed by atoms with van der Waals surface area (Å²) in [4.78, 5) is 13.4. The second kappa shape index (κ2) is 8.44. The van der Waals surface area contributed by atoms with E-state index in [2.05, 4.69) is 24.0 Å². The van der Waals surface area contributed by atoms with Crippen molar-refractivity contribution in [2.75, 3.05) is 11.9 Å². The van der Waals surface area contributed by atoms with Crippen molar-refractivity contribution in [1.82, 2.24) is 0 Å². The summed E-state index contributed by atoms with van der Waals surface area (Å²) in [6.07, 6.45) is 1.69. The van der Waals surface area contributed by atoms with Crippen LogP contribution < -0.4 is 10.1 Å². The number of aryl methyl sites for hydroxylation is 1. The molecule has 2 aromatic carbocycles. The number of rotatable bonds is 7. The summed E-state index contributed by atoms with van der Waals surface area (Å²) >= 11 is 1.55. The number of ether oxygens (including phenoxy) is 1. The SMILES string of the molecule is C=CCOc1ccc(NC(=O)[C@H](C)Sc2ccc(C)cc2)cc1. The van der Waals surface area contributed by atoms with Crippen LogP contribution >= 0.6 is 11.8 Å². The summed E-state index contributed by atoms with van der Waals surface area (Å²) in [5.41, 5.74) is 1.97. The summed E-state index contributed by atoms with van der Waals surface area (Å²) in [6, 6.07) is 15.5. The third-order valence-electron chi connectivity index (χ3n) is 3.19. The van der Waals surface area contributed by atoms with E-state index in [1.807, 2.05) is 50.2 Å². The average Bonchev–Trinajstić information content (AvgIpc) is 2.56. The van der Waals surface area contributed by atoms with Gasteiger partial charge in [-0.05, 0) is 50.2 Å². The Morgan fingerprint density at radius 2 is 1.87 bits per heavy atom. The van der Waals surface area contributed by atoms with Crippen LogP contribution in [0.25, 0.3) is 0 Å². The van der Waals surface area contributed by atoms with E-state index in [1.54, 1.807) is 17.8 Å². The Morgan fingerprint density at radius 3 is 2.48 bits per heavy atom. The third-order valence-corrected chi connectivity index (χ3v) is 4.30. The highest BCUT2D eigenvalue weighted by molar-refractivity contribution is 8.00. The van der Waals surface area contributed by atoms with E-state index >= 15 is 0 Å². The molecule has 0 spiro atoms. The molecule has 2 aromatic rings. The maximum absolute atomic E-state index is 12.3. The molecule has 0 aliphatic heterocycles. The predicted octanol–water partition coefficient (Wildman–Crippen LogP) is 4.68. The minimum Gasteiger partial charge on any atom is -0.490 e. The number of nitrogens with one attached hydrogen (secondary N) is 1. The lowest BCUT2D eigenvalue weighted by molar-refractivity contribution is -0.115. The molecule has 0 bridgehead atoms. The van der Waals surface area contributed by atoms with Gasteiger partial charge in [0.2, 0.25) is 5.91 Å². The van der Waals surface area contributed by atoms with Crippen LogP contribution in [0.15, 0.2) is 66.1 Å². The van der Waals surface area contributed by atoms with Crippen LogP contribution in [0.5, 0.6) is 5.75 Å². The first-order chi connectivity index (χ1) is 11.1. The first kappa shape index (κ1) is 17.2. The Bertz CT molecular complexity index is 650. The van der Waals surface area contributed by atoms with E-state index in [1.165, 1.54) is 5.56 Å². The lowest BCUT2D eigenvalue weighted by Gasteiger charge is -2.12. The molecule has 0 aliphatic carbocycles. The Kier molecular flexibility index (Phi) is 6.29. The van der Waals surface area contributed by atoms with Crippen LogP contribution in [-0.4, -0.2) is 17.8 Å². The van der Waals surface area contributed by atoms with Crippen LogP contribution in [0.2, 0.25) is 0 Å². The largest absolute Gasteiger partial charge is 0.490 e. The van der Waals surface area contributed by atoms with Crippen molar-refractivity contribution in [2.24, 2.45) is 0 Å². The maximum atomic E-state index is 12.3. The number of carbonyl (C=O) groups excluding carboxylic acids is 1. The first-order valence-corrected chi connectivity index (χ1v) is 8.34. The molecule has 0 fully saturated rings. The van der Waals surface area contributed by atoms with Crippen molar-refractivity contribution >= 4 is 23.4 Å². The molecule has 4 heteroatoms. The number of carbonyl (C=O) groups is 1. The number of anilines is 1. The Morgan fingerprint density at radius 1 is 1.22 bits per heavy atom. The molecule has 0 unspecified atom stereocenters. The van der Waals surface area contributed by atoms with Gasteiger partial charge in [0.1, 0.15) is 12.4 Å². The molecule has 2 rings (SSSR count). The van der Waals surface area contributed by atoms with E-state index in [4.69, 9.17) is 4.74 Å². The lowest BCUT2D eigenvalue weighted by Crippen LogP contribution is -2.22. The van der Waals surface area contributed by atoms with Crippen LogP contribution in [0.1, 0.15) is 12.5 Å². The van der Waals surface area contributed by atoms with Crippen molar-refractivity contribution in [3.63, 3.8) is 0 Å². The van der Waals surface area contributed by atoms with Gasteiger partial charge in [0.25, 0.3) is 0 Å². The van der Waals surface area contributed by atoms with Crippen LogP contribution in [-0.2, 0) is 4.79 Å². The predicted molar refractivity (Wildman–Crippen MR) is 97.3 cm³/mol. The number of thioether (sulfide) groups is 1. The van der Waals surface area contributed by atoms with E-state index in [0.717, 1.165) is 16.3 Å². The molecular weight excluding hydrogens is 306 g/mol. The molecular formula is C19H21NO2S. The number of hydrogen-bond acceptors (Lipinski definition) is 3. The van der Waals surface area contributed by atoms with Crippen LogP contribution in [0, 0.1) is 6.92 Å². The molecule has 1 N–H and O–H groups in total. The molecule has 120 valence electrons. The monoisotopic (exact) mass is 327 g/mol. The topological polar surface area (TPSA) is 38.3 Å². The number of amides is 1. The minimum atomic E-state index is -0.172. The van der Waals surface area contributed by atoms with Gasteiger partial charge in [-0.25, -0.2) is 0 Å². The third kappa shape index (κ3) is 5.49. The van der Waals surface area contributed by atoms with E-state index < -0.39 is 0 Å². The van der Waals surface area contributed by atoms with Crippen LogP contribution in [0.4, 0.5) is 5.69 Å².